The fourth-order valence-electron chi connectivity index (χ4n) is 2.77. The Balaban J connectivity index is 1.69. The Bertz CT molecular complexity index is 1040. The average Bonchev–Trinajstić information content (AvgIpc) is 2.99. The van der Waals surface area contributed by atoms with E-state index in [4.69, 9.17) is 5.11 Å². The average molecular weight is 372 g/mol. The number of benzene rings is 2. The lowest BCUT2D eigenvalue weighted by Gasteiger charge is -2.08. The van der Waals surface area contributed by atoms with E-state index < -0.39 is 16.0 Å². The molecule has 0 aliphatic heterocycles. The summed E-state index contributed by atoms with van der Waals surface area (Å²) in [7, 11) is -1.68. The summed E-state index contributed by atoms with van der Waals surface area (Å²) in [5, 5.41) is 9.81. The molecule has 1 heterocycles. The van der Waals surface area contributed by atoms with E-state index in [1.165, 1.54) is 12.1 Å². The van der Waals surface area contributed by atoms with Gasteiger partial charge in [-0.3, -0.25) is 4.79 Å². The first-order chi connectivity index (χ1) is 12.3. The zero-order chi connectivity index (χ0) is 18.7. The SMILES string of the molecule is Cn1ccc2ccc(CNS(=O)(=O)c3ccc(CCC(=O)O)cc3)cc21. The second-order valence-electron chi connectivity index (χ2n) is 6.18. The summed E-state index contributed by atoms with van der Waals surface area (Å²) in [6.07, 6.45) is 2.36. The second-order valence-corrected chi connectivity index (χ2v) is 7.95. The van der Waals surface area contributed by atoms with E-state index in [9.17, 15) is 13.2 Å². The van der Waals surface area contributed by atoms with Crippen LogP contribution in [0.4, 0.5) is 0 Å². The summed E-state index contributed by atoms with van der Waals surface area (Å²) in [6, 6.07) is 14.1. The molecule has 0 saturated carbocycles. The molecule has 2 N–H and O–H groups in total. The van der Waals surface area contributed by atoms with Crippen LogP contribution >= 0.6 is 0 Å². The lowest BCUT2D eigenvalue weighted by atomic mass is 10.1. The van der Waals surface area contributed by atoms with Crippen LogP contribution < -0.4 is 4.72 Å². The fourth-order valence-corrected chi connectivity index (χ4v) is 3.78. The van der Waals surface area contributed by atoms with Gasteiger partial charge in [-0.05, 0) is 47.2 Å². The zero-order valence-corrected chi connectivity index (χ0v) is 15.2. The third kappa shape index (κ3) is 4.12. The minimum atomic E-state index is -3.63. The molecule has 3 aromatic rings. The maximum Gasteiger partial charge on any atom is 0.303 e. The van der Waals surface area contributed by atoms with Crippen LogP contribution in [0.2, 0.25) is 0 Å². The molecule has 7 heteroatoms. The predicted molar refractivity (Wildman–Crippen MR) is 99.3 cm³/mol. The number of carboxylic acids is 1. The molecule has 0 spiro atoms. The molecule has 0 bridgehead atoms. The van der Waals surface area contributed by atoms with E-state index >= 15 is 0 Å². The number of aryl methyl sites for hydroxylation is 2. The largest absolute Gasteiger partial charge is 0.481 e. The van der Waals surface area contributed by atoms with Gasteiger partial charge >= 0.3 is 5.97 Å². The number of aliphatic carboxylic acids is 1. The molecule has 0 atom stereocenters. The Morgan fingerprint density at radius 3 is 2.46 bits per heavy atom. The quantitative estimate of drug-likeness (QED) is 0.667. The number of hydrogen-bond donors (Lipinski definition) is 2. The lowest BCUT2D eigenvalue weighted by molar-refractivity contribution is -0.136. The highest BCUT2D eigenvalue weighted by atomic mass is 32.2. The molecule has 2 aromatic carbocycles. The summed E-state index contributed by atoms with van der Waals surface area (Å²) in [5.41, 5.74) is 2.71. The Kier molecular flexibility index (Phi) is 5.11. The number of fused-ring (bicyclic) bond motifs is 1. The van der Waals surface area contributed by atoms with Crippen molar-refractivity contribution < 1.29 is 18.3 Å². The minimum absolute atomic E-state index is 0.0198. The molecule has 6 nitrogen and oxygen atoms in total. The molecule has 0 amide bonds. The highest BCUT2D eigenvalue weighted by Crippen LogP contribution is 2.17. The van der Waals surface area contributed by atoms with Crippen molar-refractivity contribution in [3.05, 3.63) is 65.9 Å². The van der Waals surface area contributed by atoms with Crippen LogP contribution in [0.3, 0.4) is 0 Å². The lowest BCUT2D eigenvalue weighted by Crippen LogP contribution is -2.23. The van der Waals surface area contributed by atoms with Gasteiger partial charge in [0.1, 0.15) is 0 Å². The monoisotopic (exact) mass is 372 g/mol. The number of nitrogens with zero attached hydrogens (tertiary/aromatic N) is 1. The normalized spacial score (nSPS) is 11.7. The van der Waals surface area contributed by atoms with E-state index in [1.807, 2.05) is 42.1 Å². The van der Waals surface area contributed by atoms with Crippen LogP contribution in [-0.4, -0.2) is 24.1 Å². The fraction of sp³-hybridized carbons (Fsp3) is 0.211. The van der Waals surface area contributed by atoms with Crippen LogP contribution in [-0.2, 0) is 34.8 Å². The maximum atomic E-state index is 12.5. The third-order valence-corrected chi connectivity index (χ3v) is 5.70. The zero-order valence-electron chi connectivity index (χ0n) is 14.3. The van der Waals surface area contributed by atoms with Crippen LogP contribution in [0.5, 0.6) is 0 Å². The Morgan fingerprint density at radius 1 is 1.08 bits per heavy atom. The van der Waals surface area contributed by atoms with Crippen LogP contribution in [0.25, 0.3) is 10.9 Å². The first kappa shape index (κ1) is 18.2. The number of aromatic nitrogens is 1. The molecule has 3 rings (SSSR count). The summed E-state index contributed by atoms with van der Waals surface area (Å²) in [5.74, 6) is -0.876. The Morgan fingerprint density at radius 2 is 1.77 bits per heavy atom. The van der Waals surface area contributed by atoms with Gasteiger partial charge in [-0.1, -0.05) is 24.3 Å². The van der Waals surface area contributed by atoms with Crippen molar-refractivity contribution in [1.29, 1.82) is 0 Å². The molecule has 0 fully saturated rings. The highest BCUT2D eigenvalue weighted by Gasteiger charge is 2.14. The summed E-state index contributed by atoms with van der Waals surface area (Å²) >= 11 is 0. The molecule has 0 unspecified atom stereocenters. The summed E-state index contributed by atoms with van der Waals surface area (Å²) in [4.78, 5) is 10.8. The Labute approximate surface area is 152 Å². The van der Waals surface area contributed by atoms with Gasteiger partial charge < -0.3 is 9.67 Å². The van der Waals surface area contributed by atoms with Crippen LogP contribution in [0, 0.1) is 0 Å². The van der Waals surface area contributed by atoms with E-state index in [0.29, 0.717) is 6.42 Å². The van der Waals surface area contributed by atoms with Crippen molar-refractivity contribution in [1.82, 2.24) is 9.29 Å². The van der Waals surface area contributed by atoms with Crippen LogP contribution in [0.1, 0.15) is 17.5 Å². The van der Waals surface area contributed by atoms with Gasteiger partial charge in [0.25, 0.3) is 0 Å². The van der Waals surface area contributed by atoms with Gasteiger partial charge in [-0.25, -0.2) is 13.1 Å². The number of carbonyl (C=O) groups is 1. The molecule has 0 aliphatic rings. The maximum absolute atomic E-state index is 12.5. The predicted octanol–water partition coefficient (Wildman–Crippen LogP) is 2.67. The second kappa shape index (κ2) is 7.31. The third-order valence-electron chi connectivity index (χ3n) is 4.28. The smallest absolute Gasteiger partial charge is 0.303 e. The summed E-state index contributed by atoms with van der Waals surface area (Å²) in [6.45, 7) is 0.199. The first-order valence-electron chi connectivity index (χ1n) is 8.19. The van der Waals surface area contributed by atoms with Gasteiger partial charge in [0.2, 0.25) is 10.0 Å². The molecular weight excluding hydrogens is 352 g/mol. The molecular formula is C19H20N2O4S. The minimum Gasteiger partial charge on any atom is -0.481 e. The number of nitrogens with one attached hydrogen (secondary N) is 1. The van der Waals surface area contributed by atoms with E-state index in [2.05, 4.69) is 4.72 Å². The number of sulfonamides is 1. The molecule has 0 aliphatic carbocycles. The molecule has 136 valence electrons. The molecule has 0 radical (unpaired) electrons. The van der Waals surface area contributed by atoms with Gasteiger partial charge in [0.05, 0.1) is 4.90 Å². The highest BCUT2D eigenvalue weighted by molar-refractivity contribution is 7.89. The number of carboxylic acid groups (broad SMARTS) is 1. The summed E-state index contributed by atoms with van der Waals surface area (Å²) < 4.78 is 29.5. The van der Waals surface area contributed by atoms with Crippen molar-refractivity contribution in [3.63, 3.8) is 0 Å². The van der Waals surface area contributed by atoms with Crippen molar-refractivity contribution >= 4 is 26.9 Å². The number of rotatable bonds is 7. The van der Waals surface area contributed by atoms with Crippen molar-refractivity contribution in [2.24, 2.45) is 7.05 Å². The first-order valence-corrected chi connectivity index (χ1v) is 9.68. The molecule has 0 saturated heterocycles. The van der Waals surface area contributed by atoms with Crippen LogP contribution in [0.15, 0.2) is 59.6 Å². The topological polar surface area (TPSA) is 88.4 Å². The van der Waals surface area contributed by atoms with Crippen molar-refractivity contribution in [3.8, 4) is 0 Å². The van der Waals surface area contributed by atoms with Crippen molar-refractivity contribution in [2.75, 3.05) is 0 Å². The van der Waals surface area contributed by atoms with Crippen molar-refractivity contribution in [2.45, 2.75) is 24.3 Å². The van der Waals surface area contributed by atoms with E-state index in [0.717, 1.165) is 22.0 Å². The van der Waals surface area contributed by atoms with E-state index in [1.54, 1.807) is 12.1 Å². The van der Waals surface area contributed by atoms with Gasteiger partial charge in [-0.15, -0.1) is 0 Å². The Hall–Kier alpha value is -2.64. The molecule has 1 aromatic heterocycles. The van der Waals surface area contributed by atoms with E-state index in [-0.39, 0.29) is 17.9 Å². The molecule has 26 heavy (non-hydrogen) atoms. The van der Waals surface area contributed by atoms with Gasteiger partial charge in [0, 0.05) is 31.7 Å². The van der Waals surface area contributed by atoms with Gasteiger partial charge in [-0.2, -0.15) is 0 Å². The van der Waals surface area contributed by atoms with Gasteiger partial charge in [0.15, 0.2) is 0 Å². The standard InChI is InChI=1S/C19H20N2O4S/c1-21-11-10-16-6-2-15(12-18(16)21)13-20-26(24,25)17-7-3-14(4-8-17)5-9-19(22)23/h2-4,6-8,10-12,20H,5,9,13H2,1H3,(H,22,23). The number of hydrogen-bond acceptors (Lipinski definition) is 3.